The van der Waals surface area contributed by atoms with E-state index in [4.69, 9.17) is 18.7 Å². The van der Waals surface area contributed by atoms with Crippen LogP contribution in [0.2, 0.25) is 0 Å². The monoisotopic (exact) mass is 579 g/mol. The van der Waals surface area contributed by atoms with Gasteiger partial charge in [-0.25, -0.2) is 4.79 Å². The molecule has 3 aromatic rings. The number of aromatic nitrogens is 1. The number of hydrogen-bond acceptors (Lipinski definition) is 9. The molecule has 0 saturated heterocycles. The summed E-state index contributed by atoms with van der Waals surface area (Å²) in [7, 11) is 2.02. The lowest BCUT2D eigenvalue weighted by Gasteiger charge is -2.38. The summed E-state index contributed by atoms with van der Waals surface area (Å²) in [4.78, 5) is 30.3. The molecule has 0 radical (unpaired) electrons. The number of anilines is 2. The van der Waals surface area contributed by atoms with Crippen molar-refractivity contribution < 1.29 is 33.4 Å². The third-order valence-electron chi connectivity index (χ3n) is 7.58. The van der Waals surface area contributed by atoms with Crippen LogP contribution in [0.1, 0.15) is 41.2 Å². The van der Waals surface area contributed by atoms with Crippen molar-refractivity contribution in [3.63, 3.8) is 0 Å². The van der Waals surface area contributed by atoms with Gasteiger partial charge in [0.25, 0.3) is 5.91 Å². The van der Waals surface area contributed by atoms with Crippen LogP contribution in [0.3, 0.4) is 0 Å². The molecule has 12 nitrogen and oxygen atoms in total. The van der Waals surface area contributed by atoms with Crippen molar-refractivity contribution in [3.8, 4) is 17.2 Å². The van der Waals surface area contributed by atoms with Crippen LogP contribution in [0.15, 0.2) is 40.9 Å². The largest absolute Gasteiger partial charge is 0.488 e. The molecule has 3 atom stereocenters. The predicted molar refractivity (Wildman–Crippen MR) is 155 cm³/mol. The number of aliphatic hydroxyl groups is 1. The molecule has 224 valence electrons. The Morgan fingerprint density at radius 3 is 2.64 bits per heavy atom. The summed E-state index contributed by atoms with van der Waals surface area (Å²) in [5.41, 5.74) is 2.85. The second-order valence-electron chi connectivity index (χ2n) is 11.0. The molecule has 2 aromatic carbocycles. The zero-order valence-electron chi connectivity index (χ0n) is 24.5. The average molecular weight is 580 g/mol. The van der Waals surface area contributed by atoms with E-state index in [0.29, 0.717) is 53.8 Å². The number of nitrogens with one attached hydrogen (secondary N) is 2. The zero-order chi connectivity index (χ0) is 30.0. The lowest BCUT2D eigenvalue weighted by atomic mass is 9.99. The van der Waals surface area contributed by atoms with Crippen molar-refractivity contribution >= 4 is 23.3 Å². The zero-order valence-corrected chi connectivity index (χ0v) is 24.5. The molecule has 0 fully saturated rings. The van der Waals surface area contributed by atoms with Crippen molar-refractivity contribution in [1.82, 2.24) is 15.0 Å². The number of carbonyl (C=O) groups excluding carboxylic acids is 2. The second-order valence-corrected chi connectivity index (χ2v) is 11.0. The topological polar surface area (TPSA) is 139 Å². The fourth-order valence-electron chi connectivity index (χ4n) is 5.18. The van der Waals surface area contributed by atoms with Gasteiger partial charge in [0.15, 0.2) is 17.3 Å². The van der Waals surface area contributed by atoms with Gasteiger partial charge in [-0.05, 0) is 63.7 Å². The number of rotatable bonds is 8. The van der Waals surface area contributed by atoms with Gasteiger partial charge in [0.2, 0.25) is 6.79 Å². The summed E-state index contributed by atoms with van der Waals surface area (Å²) < 4.78 is 22.5. The highest BCUT2D eigenvalue weighted by atomic mass is 16.7. The first-order chi connectivity index (χ1) is 20.1. The summed E-state index contributed by atoms with van der Waals surface area (Å²) >= 11 is 0. The molecule has 5 rings (SSSR count). The fourth-order valence-corrected chi connectivity index (χ4v) is 5.18. The molecule has 2 aliphatic heterocycles. The van der Waals surface area contributed by atoms with Gasteiger partial charge in [-0.1, -0.05) is 18.1 Å². The maximum Gasteiger partial charge on any atom is 0.323 e. The molecule has 1 aromatic heterocycles. The fraction of sp³-hybridized carbons (Fsp3) is 0.433. The number of ether oxygens (including phenoxy) is 3. The van der Waals surface area contributed by atoms with Gasteiger partial charge in [-0.2, -0.15) is 0 Å². The first-order valence-electron chi connectivity index (χ1n) is 13.9. The third-order valence-corrected chi connectivity index (χ3v) is 7.58. The molecule has 3 heterocycles. The van der Waals surface area contributed by atoms with Crippen molar-refractivity contribution in [2.75, 3.05) is 44.2 Å². The minimum atomic E-state index is -0.499. The van der Waals surface area contributed by atoms with Crippen molar-refractivity contribution in [1.29, 1.82) is 0 Å². The molecule has 0 bridgehead atoms. The Morgan fingerprint density at radius 2 is 1.90 bits per heavy atom. The van der Waals surface area contributed by atoms with Crippen LogP contribution in [0.5, 0.6) is 17.2 Å². The molecular formula is C30H37N5O7. The number of benzene rings is 2. The van der Waals surface area contributed by atoms with Crippen LogP contribution in [0.25, 0.3) is 0 Å². The number of carbonyl (C=O) groups is 2. The number of urea groups is 1. The summed E-state index contributed by atoms with van der Waals surface area (Å²) in [5, 5.41) is 19.3. The highest BCUT2D eigenvalue weighted by molar-refractivity contribution is 6.03. The Morgan fingerprint density at radius 1 is 1.14 bits per heavy atom. The Labute approximate surface area is 244 Å². The highest BCUT2D eigenvalue weighted by Crippen LogP contribution is 2.34. The van der Waals surface area contributed by atoms with Gasteiger partial charge >= 0.3 is 6.03 Å². The lowest BCUT2D eigenvalue weighted by Crippen LogP contribution is -2.49. The SMILES string of the molecule is Cc1noc(C)c1NC(=O)Nc1ccc2c(c1)C(=O)N([C@@H](C)CO)C[C@@H](C)[C@@H](CN(C)Cc1ccc3c(c1)OCO3)O2. The molecule has 3 amide bonds. The first-order valence-corrected chi connectivity index (χ1v) is 13.9. The minimum absolute atomic E-state index is 0.0334. The Kier molecular flexibility index (Phi) is 8.55. The second kappa shape index (κ2) is 12.3. The maximum absolute atomic E-state index is 13.7. The Hall–Kier alpha value is -4.29. The molecule has 0 aliphatic carbocycles. The number of fused-ring (bicyclic) bond motifs is 2. The van der Waals surface area contributed by atoms with Crippen molar-refractivity contribution in [2.45, 2.75) is 46.4 Å². The van der Waals surface area contributed by atoms with Gasteiger partial charge < -0.3 is 39.4 Å². The molecule has 0 saturated carbocycles. The smallest absolute Gasteiger partial charge is 0.323 e. The van der Waals surface area contributed by atoms with E-state index in [1.54, 1.807) is 36.9 Å². The number of nitrogens with zero attached hydrogens (tertiary/aromatic N) is 3. The van der Waals surface area contributed by atoms with Gasteiger partial charge in [0.1, 0.15) is 23.2 Å². The number of aliphatic hydroxyl groups excluding tert-OH is 1. The van der Waals surface area contributed by atoms with Crippen LogP contribution >= 0.6 is 0 Å². The number of hydrogen-bond donors (Lipinski definition) is 3. The molecule has 0 unspecified atom stereocenters. The van der Waals surface area contributed by atoms with Crippen LogP contribution in [0.4, 0.5) is 16.2 Å². The summed E-state index contributed by atoms with van der Waals surface area (Å²) in [6.07, 6.45) is -0.258. The summed E-state index contributed by atoms with van der Waals surface area (Å²) in [6.45, 7) is 8.99. The lowest BCUT2D eigenvalue weighted by molar-refractivity contribution is 0.0341. The molecule has 2 aliphatic rings. The molecule has 12 heteroatoms. The molecule has 3 N–H and O–H groups in total. The van der Waals surface area contributed by atoms with Crippen molar-refractivity contribution in [2.24, 2.45) is 5.92 Å². The quantitative estimate of drug-likeness (QED) is 0.361. The van der Waals surface area contributed by atoms with Gasteiger partial charge in [0.05, 0.1) is 18.2 Å². The van der Waals surface area contributed by atoms with Crippen LogP contribution in [-0.2, 0) is 6.54 Å². The van der Waals surface area contributed by atoms with E-state index in [-0.39, 0.29) is 31.3 Å². The Bertz CT molecular complexity index is 1440. The predicted octanol–water partition coefficient (Wildman–Crippen LogP) is 4.02. The maximum atomic E-state index is 13.7. The van der Waals surface area contributed by atoms with E-state index < -0.39 is 12.1 Å². The first kappa shape index (κ1) is 29.2. The standard InChI is InChI=1S/C30H37N5O7/c1-17-12-35(18(2)15-36)29(37)23-11-22(31-30(38)32-28-19(3)33-42-20(28)4)7-9-24(23)41-27(17)14-34(5)13-21-6-8-25-26(10-21)40-16-39-25/h6-11,17-18,27,36H,12-16H2,1-5H3,(H2,31,32,38)/t17-,18+,27-/m1/s1. The minimum Gasteiger partial charge on any atom is -0.488 e. The average Bonchev–Trinajstić information content (AvgIpc) is 3.56. The van der Waals surface area contributed by atoms with E-state index in [2.05, 4.69) is 20.7 Å². The van der Waals surface area contributed by atoms with E-state index in [1.807, 2.05) is 39.1 Å². The van der Waals surface area contributed by atoms with Crippen LogP contribution in [0, 0.1) is 19.8 Å². The van der Waals surface area contributed by atoms with Gasteiger partial charge in [-0.3, -0.25) is 9.69 Å². The summed E-state index contributed by atoms with van der Waals surface area (Å²) in [6, 6.07) is 10.00. The third kappa shape index (κ3) is 6.29. The normalized spacial score (nSPS) is 18.6. The number of amides is 3. The van der Waals surface area contributed by atoms with Gasteiger partial charge in [-0.15, -0.1) is 0 Å². The molecular weight excluding hydrogens is 542 g/mol. The van der Waals surface area contributed by atoms with Crippen molar-refractivity contribution in [3.05, 3.63) is 59.0 Å². The number of likely N-dealkylation sites (N-methyl/N-ethyl adjacent to an activating group) is 1. The van der Waals surface area contributed by atoms with E-state index in [1.165, 1.54) is 0 Å². The summed E-state index contributed by atoms with van der Waals surface area (Å²) in [5.74, 6) is 2.07. The molecule has 0 spiro atoms. The number of aryl methyl sites for hydroxylation is 2. The van der Waals surface area contributed by atoms with Gasteiger partial charge in [0, 0.05) is 31.2 Å². The molecule has 42 heavy (non-hydrogen) atoms. The van der Waals surface area contributed by atoms with E-state index >= 15 is 0 Å². The van der Waals surface area contributed by atoms with E-state index in [9.17, 15) is 14.7 Å². The Balaban J connectivity index is 1.35. The van der Waals surface area contributed by atoms with Crippen LogP contribution < -0.4 is 24.8 Å². The highest BCUT2D eigenvalue weighted by Gasteiger charge is 2.33. The van der Waals surface area contributed by atoms with E-state index in [0.717, 1.165) is 17.1 Å². The van der Waals surface area contributed by atoms with Crippen LogP contribution in [-0.4, -0.2) is 77.7 Å².